The molecule has 15 heavy (non-hydrogen) atoms. The van der Waals surface area contributed by atoms with Crippen LogP contribution < -0.4 is 0 Å². The number of aryl methyl sites for hydroxylation is 1. The minimum absolute atomic E-state index is 0.386. The second-order valence-corrected chi connectivity index (χ2v) is 4.30. The lowest BCUT2D eigenvalue weighted by molar-refractivity contribution is -0.0296. The molecule has 0 heterocycles. The maximum atomic E-state index is 10.1. The third kappa shape index (κ3) is 4.45. The van der Waals surface area contributed by atoms with E-state index >= 15 is 0 Å². The van der Waals surface area contributed by atoms with E-state index in [1.54, 1.807) is 0 Å². The second-order valence-electron chi connectivity index (χ2n) is 4.30. The lowest BCUT2D eigenvalue weighted by Crippen LogP contribution is -2.33. The highest BCUT2D eigenvalue weighted by molar-refractivity contribution is 5.23. The zero-order valence-electron chi connectivity index (χ0n) is 9.79. The van der Waals surface area contributed by atoms with Crippen LogP contribution in [-0.4, -0.2) is 23.9 Å². The molecule has 84 valence electrons. The van der Waals surface area contributed by atoms with Crippen molar-refractivity contribution in [2.24, 2.45) is 0 Å². The number of hydrogen-bond donors (Lipinski definition) is 1. The average Bonchev–Trinajstić information content (AvgIpc) is 2.14. The van der Waals surface area contributed by atoms with E-state index in [9.17, 15) is 5.11 Å². The van der Waals surface area contributed by atoms with Crippen molar-refractivity contribution < 1.29 is 9.84 Å². The molecular weight excluding hydrogens is 188 g/mol. The summed E-state index contributed by atoms with van der Waals surface area (Å²) in [6, 6.07) is 8.20. The molecule has 1 aromatic rings. The van der Waals surface area contributed by atoms with Crippen LogP contribution in [0.4, 0.5) is 0 Å². The quantitative estimate of drug-likeness (QED) is 0.804. The summed E-state index contributed by atoms with van der Waals surface area (Å²) >= 11 is 0. The molecule has 2 nitrogen and oxygen atoms in total. The minimum Gasteiger partial charge on any atom is -0.387 e. The Morgan fingerprint density at radius 2 is 2.13 bits per heavy atom. The van der Waals surface area contributed by atoms with Gasteiger partial charge in [-0.15, -0.1) is 0 Å². The Bertz CT molecular complexity index is 305. The number of benzene rings is 1. The van der Waals surface area contributed by atoms with E-state index in [0.717, 1.165) is 5.56 Å². The fourth-order valence-electron chi connectivity index (χ4n) is 1.63. The first-order valence-corrected chi connectivity index (χ1v) is 5.39. The van der Waals surface area contributed by atoms with E-state index in [0.29, 0.717) is 19.6 Å². The lowest BCUT2D eigenvalue weighted by atomic mass is 9.96. The predicted molar refractivity (Wildman–Crippen MR) is 62.0 cm³/mol. The van der Waals surface area contributed by atoms with Crippen molar-refractivity contribution in [3.63, 3.8) is 0 Å². The molecule has 0 aliphatic heterocycles. The van der Waals surface area contributed by atoms with Gasteiger partial charge >= 0.3 is 0 Å². The van der Waals surface area contributed by atoms with Crippen molar-refractivity contribution in [1.29, 1.82) is 0 Å². The lowest BCUT2D eigenvalue weighted by Gasteiger charge is -2.23. The molecule has 1 N–H and O–H groups in total. The van der Waals surface area contributed by atoms with Crippen LogP contribution in [0.15, 0.2) is 24.3 Å². The Morgan fingerprint density at radius 1 is 1.40 bits per heavy atom. The second kappa shape index (κ2) is 5.29. The molecule has 0 spiro atoms. The van der Waals surface area contributed by atoms with Crippen molar-refractivity contribution in [2.75, 3.05) is 13.2 Å². The van der Waals surface area contributed by atoms with Crippen molar-refractivity contribution in [2.45, 2.75) is 32.8 Å². The van der Waals surface area contributed by atoms with Crippen molar-refractivity contribution in [3.05, 3.63) is 35.4 Å². The highest BCUT2D eigenvalue weighted by Crippen LogP contribution is 2.14. The molecule has 0 bridgehead atoms. The molecule has 0 aliphatic carbocycles. The molecule has 0 radical (unpaired) electrons. The molecular formula is C13H20O2. The van der Waals surface area contributed by atoms with Gasteiger partial charge in [0.2, 0.25) is 0 Å². The average molecular weight is 208 g/mol. The van der Waals surface area contributed by atoms with Gasteiger partial charge in [0.1, 0.15) is 0 Å². The molecule has 0 aromatic heterocycles. The normalized spacial score (nSPS) is 14.9. The Labute approximate surface area is 91.9 Å². The van der Waals surface area contributed by atoms with Crippen LogP contribution in [0.2, 0.25) is 0 Å². The van der Waals surface area contributed by atoms with Crippen LogP contribution in [-0.2, 0) is 11.2 Å². The highest BCUT2D eigenvalue weighted by Gasteiger charge is 2.20. The van der Waals surface area contributed by atoms with Gasteiger partial charge in [-0.2, -0.15) is 0 Å². The zero-order chi connectivity index (χ0) is 11.3. The van der Waals surface area contributed by atoms with Gasteiger partial charge in [0.25, 0.3) is 0 Å². The summed E-state index contributed by atoms with van der Waals surface area (Å²) in [6.07, 6.45) is 0.634. The van der Waals surface area contributed by atoms with E-state index in [4.69, 9.17) is 4.74 Å². The molecule has 0 saturated heterocycles. The smallest absolute Gasteiger partial charge is 0.0892 e. The van der Waals surface area contributed by atoms with Gasteiger partial charge in [-0.1, -0.05) is 29.8 Å². The minimum atomic E-state index is -0.774. The summed E-state index contributed by atoms with van der Waals surface area (Å²) in [5.41, 5.74) is 1.60. The monoisotopic (exact) mass is 208 g/mol. The topological polar surface area (TPSA) is 29.5 Å². The van der Waals surface area contributed by atoms with E-state index in [1.165, 1.54) is 5.56 Å². The summed E-state index contributed by atoms with van der Waals surface area (Å²) in [5, 5.41) is 10.1. The van der Waals surface area contributed by atoms with Gasteiger partial charge in [-0.25, -0.2) is 0 Å². The van der Waals surface area contributed by atoms with Crippen LogP contribution in [0.25, 0.3) is 0 Å². The maximum Gasteiger partial charge on any atom is 0.0892 e. The Balaban J connectivity index is 2.60. The standard InChI is InChI=1S/C13H20O2/c1-4-15-10-13(3,14)9-12-7-5-6-11(2)8-12/h5-8,14H,4,9-10H2,1-3H3. The predicted octanol–water partition coefficient (Wildman–Crippen LogP) is 2.33. The molecule has 1 atom stereocenters. The molecule has 2 heteroatoms. The van der Waals surface area contributed by atoms with Gasteiger partial charge in [0, 0.05) is 13.0 Å². The molecule has 1 unspecified atom stereocenters. The third-order valence-electron chi connectivity index (χ3n) is 2.28. The summed E-state index contributed by atoms with van der Waals surface area (Å²) in [5.74, 6) is 0. The van der Waals surface area contributed by atoms with Crippen LogP contribution >= 0.6 is 0 Å². The molecule has 0 saturated carbocycles. The van der Waals surface area contributed by atoms with E-state index in [-0.39, 0.29) is 0 Å². The van der Waals surface area contributed by atoms with Gasteiger partial charge in [-0.3, -0.25) is 0 Å². The number of hydrogen-bond acceptors (Lipinski definition) is 2. The van der Waals surface area contributed by atoms with Crippen LogP contribution in [0, 0.1) is 6.92 Å². The van der Waals surface area contributed by atoms with Crippen molar-refractivity contribution in [3.8, 4) is 0 Å². The highest BCUT2D eigenvalue weighted by atomic mass is 16.5. The van der Waals surface area contributed by atoms with Crippen molar-refractivity contribution >= 4 is 0 Å². The summed E-state index contributed by atoms with van der Waals surface area (Å²) in [7, 11) is 0. The first-order chi connectivity index (χ1) is 7.03. The molecule has 0 fully saturated rings. The van der Waals surface area contributed by atoms with Crippen molar-refractivity contribution in [1.82, 2.24) is 0 Å². The Morgan fingerprint density at radius 3 is 2.73 bits per heavy atom. The van der Waals surface area contributed by atoms with Crippen LogP contribution in [0.1, 0.15) is 25.0 Å². The summed E-state index contributed by atoms with van der Waals surface area (Å²) in [6.45, 7) is 6.83. The largest absolute Gasteiger partial charge is 0.387 e. The van der Waals surface area contributed by atoms with Gasteiger partial charge in [-0.05, 0) is 26.3 Å². The van der Waals surface area contributed by atoms with E-state index in [2.05, 4.69) is 19.1 Å². The number of aliphatic hydroxyl groups is 1. The zero-order valence-corrected chi connectivity index (χ0v) is 9.79. The first kappa shape index (κ1) is 12.2. The van der Waals surface area contributed by atoms with Crippen LogP contribution in [0.5, 0.6) is 0 Å². The van der Waals surface area contributed by atoms with Gasteiger partial charge < -0.3 is 9.84 Å². The first-order valence-electron chi connectivity index (χ1n) is 5.39. The van der Waals surface area contributed by atoms with Crippen LogP contribution in [0.3, 0.4) is 0 Å². The maximum absolute atomic E-state index is 10.1. The molecule has 0 amide bonds. The SMILES string of the molecule is CCOCC(C)(O)Cc1cccc(C)c1. The summed E-state index contributed by atoms with van der Waals surface area (Å²) < 4.78 is 5.25. The Kier molecular flexibility index (Phi) is 4.30. The summed E-state index contributed by atoms with van der Waals surface area (Å²) in [4.78, 5) is 0. The van der Waals surface area contributed by atoms with E-state index in [1.807, 2.05) is 26.0 Å². The van der Waals surface area contributed by atoms with Gasteiger partial charge in [0.15, 0.2) is 0 Å². The number of rotatable bonds is 5. The fourth-order valence-corrected chi connectivity index (χ4v) is 1.63. The molecule has 0 aliphatic rings. The number of ether oxygens (including phenoxy) is 1. The fraction of sp³-hybridized carbons (Fsp3) is 0.538. The van der Waals surface area contributed by atoms with E-state index < -0.39 is 5.60 Å². The van der Waals surface area contributed by atoms with Gasteiger partial charge in [0.05, 0.1) is 12.2 Å². The molecule has 1 rings (SSSR count). The molecule has 1 aromatic carbocycles. The Hall–Kier alpha value is -0.860. The third-order valence-corrected chi connectivity index (χ3v) is 2.28.